The van der Waals surface area contributed by atoms with Crippen molar-refractivity contribution in [1.29, 1.82) is 0 Å². The Labute approximate surface area is 114 Å². The fraction of sp³-hybridized carbons (Fsp3) is 1.00. The first-order valence-electron chi connectivity index (χ1n) is 6.08. The number of rotatable bonds is 10. The van der Waals surface area contributed by atoms with Crippen LogP contribution in [0.1, 0.15) is 39.5 Å². The summed E-state index contributed by atoms with van der Waals surface area (Å²) in [6, 6.07) is 0. The SMILES string of the molecule is CCCCOP(=O)(OCCC)OC(F)(F)CC(F)(F)F. The van der Waals surface area contributed by atoms with Crippen LogP contribution in [-0.4, -0.2) is 25.5 Å². The average Bonchev–Trinajstić information content (AvgIpc) is 2.22. The molecule has 0 aromatic rings. The molecule has 0 heterocycles. The van der Waals surface area contributed by atoms with Crippen LogP contribution in [0.4, 0.5) is 22.0 Å². The fourth-order valence-electron chi connectivity index (χ4n) is 1.04. The number of halogens is 5. The lowest BCUT2D eigenvalue weighted by molar-refractivity contribution is -0.261. The maximum atomic E-state index is 13.1. The Morgan fingerprint density at radius 1 is 0.950 bits per heavy atom. The summed E-state index contributed by atoms with van der Waals surface area (Å²) in [5.74, 6) is 0. The Morgan fingerprint density at radius 3 is 1.95 bits per heavy atom. The van der Waals surface area contributed by atoms with E-state index < -0.39 is 26.5 Å². The van der Waals surface area contributed by atoms with Crippen LogP contribution in [0.5, 0.6) is 0 Å². The molecule has 122 valence electrons. The fourth-order valence-corrected chi connectivity index (χ4v) is 2.37. The Balaban J connectivity index is 4.72. The lowest BCUT2D eigenvalue weighted by Gasteiger charge is -2.23. The van der Waals surface area contributed by atoms with Gasteiger partial charge in [-0.2, -0.15) is 22.0 Å². The summed E-state index contributed by atoms with van der Waals surface area (Å²) in [4.78, 5) is 0. The molecule has 0 aliphatic heterocycles. The molecule has 0 aliphatic carbocycles. The molecule has 0 aromatic heterocycles. The second kappa shape index (κ2) is 8.26. The minimum absolute atomic E-state index is 0.209. The van der Waals surface area contributed by atoms with Gasteiger partial charge in [0.05, 0.1) is 13.2 Å². The third kappa shape index (κ3) is 9.63. The molecule has 4 nitrogen and oxygen atoms in total. The topological polar surface area (TPSA) is 44.8 Å². The molecule has 0 fully saturated rings. The molecule has 0 radical (unpaired) electrons. The minimum atomic E-state index is -5.16. The number of alkyl halides is 5. The first-order chi connectivity index (χ1) is 9.04. The average molecular weight is 328 g/mol. The van der Waals surface area contributed by atoms with Crippen molar-refractivity contribution in [2.24, 2.45) is 0 Å². The Hall–Kier alpha value is -0.240. The standard InChI is InChI=1S/C10H18F5O4P/c1-3-5-7-18-20(16,17-6-4-2)19-10(14,15)8-9(11,12)13/h3-8H2,1-2H3. The normalized spacial score (nSPS) is 16.1. The number of hydrogen-bond donors (Lipinski definition) is 0. The number of unbranched alkanes of at least 4 members (excludes halogenated alkanes) is 1. The molecule has 0 amide bonds. The molecule has 1 atom stereocenters. The van der Waals surface area contributed by atoms with Crippen LogP contribution in [0.3, 0.4) is 0 Å². The second-order valence-corrected chi connectivity index (χ2v) is 5.58. The molecule has 10 heteroatoms. The summed E-state index contributed by atoms with van der Waals surface area (Å²) >= 11 is 0. The van der Waals surface area contributed by atoms with Crippen molar-refractivity contribution in [3.8, 4) is 0 Å². The van der Waals surface area contributed by atoms with Gasteiger partial charge in [-0.25, -0.2) is 9.09 Å². The van der Waals surface area contributed by atoms with Gasteiger partial charge in [-0.15, -0.1) is 0 Å². The molecule has 0 rings (SSSR count). The molecule has 0 N–H and O–H groups in total. The number of phosphoric ester groups is 1. The monoisotopic (exact) mass is 328 g/mol. The van der Waals surface area contributed by atoms with Crippen LogP contribution in [0.2, 0.25) is 0 Å². The zero-order valence-corrected chi connectivity index (χ0v) is 12.1. The van der Waals surface area contributed by atoms with Crippen LogP contribution in [0, 0.1) is 0 Å². The first-order valence-corrected chi connectivity index (χ1v) is 7.54. The molecule has 0 bridgehead atoms. The summed E-state index contributed by atoms with van der Waals surface area (Å²) in [6.07, 6.45) is -11.1. The Bertz CT molecular complexity index is 321. The van der Waals surface area contributed by atoms with Gasteiger partial charge in [0.2, 0.25) is 0 Å². The van der Waals surface area contributed by atoms with E-state index >= 15 is 0 Å². The highest BCUT2D eigenvalue weighted by molar-refractivity contribution is 7.48. The van der Waals surface area contributed by atoms with Gasteiger partial charge >= 0.3 is 20.1 Å². The maximum Gasteiger partial charge on any atom is 0.479 e. The smallest absolute Gasteiger partial charge is 0.287 e. The zero-order chi connectivity index (χ0) is 15.9. The molecule has 0 aromatic carbocycles. The van der Waals surface area contributed by atoms with Gasteiger partial charge in [-0.3, -0.25) is 9.05 Å². The highest BCUT2D eigenvalue weighted by atomic mass is 31.2. The maximum absolute atomic E-state index is 13.1. The molecule has 0 spiro atoms. The van der Waals surface area contributed by atoms with Gasteiger partial charge < -0.3 is 0 Å². The van der Waals surface area contributed by atoms with Gasteiger partial charge in [0.1, 0.15) is 6.42 Å². The summed E-state index contributed by atoms with van der Waals surface area (Å²) in [5, 5.41) is 0. The van der Waals surface area contributed by atoms with E-state index in [2.05, 4.69) is 13.6 Å². The van der Waals surface area contributed by atoms with E-state index in [0.29, 0.717) is 19.3 Å². The van der Waals surface area contributed by atoms with Gasteiger partial charge in [0, 0.05) is 0 Å². The Kier molecular flexibility index (Phi) is 8.16. The summed E-state index contributed by atoms with van der Waals surface area (Å²) in [6.45, 7) is 2.93. The van der Waals surface area contributed by atoms with E-state index in [-0.39, 0.29) is 13.2 Å². The van der Waals surface area contributed by atoms with Gasteiger partial charge in [-0.1, -0.05) is 20.3 Å². The molecule has 0 saturated carbocycles. The molecule has 0 saturated heterocycles. The van der Waals surface area contributed by atoms with Crippen LogP contribution in [0.25, 0.3) is 0 Å². The zero-order valence-electron chi connectivity index (χ0n) is 11.2. The third-order valence-electron chi connectivity index (χ3n) is 1.85. The third-order valence-corrected chi connectivity index (χ3v) is 3.34. The number of hydrogen-bond acceptors (Lipinski definition) is 4. The van der Waals surface area contributed by atoms with Crippen molar-refractivity contribution < 1.29 is 40.1 Å². The molecule has 20 heavy (non-hydrogen) atoms. The van der Waals surface area contributed by atoms with Crippen molar-refractivity contribution in [2.45, 2.75) is 51.8 Å². The quantitative estimate of drug-likeness (QED) is 0.325. The lowest BCUT2D eigenvalue weighted by Crippen LogP contribution is -2.28. The van der Waals surface area contributed by atoms with E-state index in [1.54, 1.807) is 13.8 Å². The van der Waals surface area contributed by atoms with E-state index in [0.717, 1.165) is 0 Å². The Morgan fingerprint density at radius 2 is 1.50 bits per heavy atom. The number of phosphoric acid groups is 1. The predicted octanol–water partition coefficient (Wildman–Crippen LogP) is 4.90. The highest BCUT2D eigenvalue weighted by Crippen LogP contribution is 2.55. The van der Waals surface area contributed by atoms with Crippen molar-refractivity contribution in [1.82, 2.24) is 0 Å². The largest absolute Gasteiger partial charge is 0.479 e. The van der Waals surface area contributed by atoms with E-state index in [1.807, 2.05) is 0 Å². The minimum Gasteiger partial charge on any atom is -0.287 e. The van der Waals surface area contributed by atoms with Crippen molar-refractivity contribution in [3.05, 3.63) is 0 Å². The van der Waals surface area contributed by atoms with E-state index in [9.17, 15) is 26.5 Å². The molecule has 0 aliphatic rings. The molecular weight excluding hydrogens is 310 g/mol. The molecule has 1 unspecified atom stereocenters. The van der Waals surface area contributed by atoms with Crippen LogP contribution in [0.15, 0.2) is 0 Å². The summed E-state index contributed by atoms with van der Waals surface area (Å²) in [7, 11) is -4.72. The van der Waals surface area contributed by atoms with E-state index in [4.69, 9.17) is 0 Å². The lowest BCUT2D eigenvalue weighted by atomic mass is 10.4. The highest BCUT2D eigenvalue weighted by Gasteiger charge is 2.50. The van der Waals surface area contributed by atoms with Gasteiger partial charge in [0.25, 0.3) is 0 Å². The van der Waals surface area contributed by atoms with Crippen LogP contribution in [-0.2, 0) is 18.1 Å². The van der Waals surface area contributed by atoms with Crippen LogP contribution < -0.4 is 0 Å². The van der Waals surface area contributed by atoms with Gasteiger partial charge in [0.15, 0.2) is 0 Å². The van der Waals surface area contributed by atoms with Crippen molar-refractivity contribution >= 4 is 7.82 Å². The predicted molar refractivity (Wildman–Crippen MR) is 61.4 cm³/mol. The molecular formula is C10H18F5O4P. The van der Waals surface area contributed by atoms with Crippen molar-refractivity contribution in [3.63, 3.8) is 0 Å². The van der Waals surface area contributed by atoms with Crippen LogP contribution >= 0.6 is 7.82 Å². The first kappa shape index (κ1) is 19.8. The summed E-state index contributed by atoms with van der Waals surface area (Å²) in [5.41, 5.74) is 0. The second-order valence-electron chi connectivity index (χ2n) is 3.99. The summed E-state index contributed by atoms with van der Waals surface area (Å²) < 4.78 is 86.7. The van der Waals surface area contributed by atoms with E-state index in [1.165, 1.54) is 0 Å². The van der Waals surface area contributed by atoms with Gasteiger partial charge in [-0.05, 0) is 12.8 Å². The van der Waals surface area contributed by atoms with Crippen molar-refractivity contribution in [2.75, 3.05) is 13.2 Å².